The van der Waals surface area contributed by atoms with Crippen molar-refractivity contribution < 1.29 is 19.9 Å². The van der Waals surface area contributed by atoms with Crippen molar-refractivity contribution in [3.05, 3.63) is 26.9 Å². The van der Waals surface area contributed by atoms with E-state index in [2.05, 4.69) is 4.98 Å². The van der Waals surface area contributed by atoms with Crippen LogP contribution in [0.15, 0.2) is 6.07 Å². The highest BCUT2D eigenvalue weighted by Gasteiger charge is 2.36. The van der Waals surface area contributed by atoms with Gasteiger partial charge in [-0.2, -0.15) is 0 Å². The molecule has 1 aromatic heterocycles. The van der Waals surface area contributed by atoms with Crippen molar-refractivity contribution in [1.29, 1.82) is 0 Å². The van der Waals surface area contributed by atoms with Crippen LogP contribution in [0.4, 0.5) is 11.5 Å². The Morgan fingerprint density at radius 3 is 2.89 bits per heavy atom. The van der Waals surface area contributed by atoms with Gasteiger partial charge in [-0.3, -0.25) is 10.1 Å². The van der Waals surface area contributed by atoms with E-state index < -0.39 is 23.2 Å². The monoisotopic (exact) mass is 289 g/mol. The normalized spacial score (nSPS) is 26.6. The second-order valence-corrected chi connectivity index (χ2v) is 4.54. The molecule has 0 aromatic carbocycles. The van der Waals surface area contributed by atoms with Gasteiger partial charge in [0, 0.05) is 18.1 Å². The van der Waals surface area contributed by atoms with Gasteiger partial charge in [0.25, 0.3) is 0 Å². The minimum absolute atomic E-state index is 0.0149. The quantitative estimate of drug-likeness (QED) is 0.417. The van der Waals surface area contributed by atoms with Gasteiger partial charge in [0.15, 0.2) is 0 Å². The predicted molar refractivity (Wildman–Crippen MR) is 65.6 cm³/mol. The molecular formula is C10H12ClN3O5. The highest BCUT2D eigenvalue weighted by Crippen LogP contribution is 2.38. The van der Waals surface area contributed by atoms with E-state index in [-0.39, 0.29) is 35.2 Å². The van der Waals surface area contributed by atoms with Crippen molar-refractivity contribution in [2.75, 3.05) is 12.3 Å². The number of hydrogen-bond acceptors (Lipinski definition) is 7. The van der Waals surface area contributed by atoms with Crippen molar-refractivity contribution in [3.63, 3.8) is 0 Å². The van der Waals surface area contributed by atoms with E-state index >= 15 is 0 Å². The highest BCUT2D eigenvalue weighted by molar-refractivity contribution is 6.30. The van der Waals surface area contributed by atoms with Crippen LogP contribution in [0.5, 0.6) is 0 Å². The third-order valence-corrected chi connectivity index (χ3v) is 3.26. The van der Waals surface area contributed by atoms with Gasteiger partial charge in [-0.25, -0.2) is 4.98 Å². The van der Waals surface area contributed by atoms with Crippen LogP contribution in [0.25, 0.3) is 0 Å². The summed E-state index contributed by atoms with van der Waals surface area (Å²) in [6.07, 6.45) is -2.08. The lowest BCUT2D eigenvalue weighted by molar-refractivity contribution is -0.384. The van der Waals surface area contributed by atoms with E-state index in [0.717, 1.165) is 0 Å². The standard InChI is InChI=1S/C10H12ClN3O5/c11-9-4(1-5(14(17)18)10(12)13-9)7-2-6(16)8(3-15)19-7/h1,6-8,15-16H,2-3H2,(H2,12,13)/t6-,7?,8+/m0/s1. The molecular weight excluding hydrogens is 278 g/mol. The Kier molecular flexibility index (Phi) is 3.85. The average Bonchev–Trinajstić information content (AvgIpc) is 2.69. The molecule has 2 rings (SSSR count). The minimum Gasteiger partial charge on any atom is -0.394 e. The third-order valence-electron chi connectivity index (χ3n) is 2.96. The fourth-order valence-electron chi connectivity index (χ4n) is 1.97. The Balaban J connectivity index is 2.35. The molecule has 0 spiro atoms. The zero-order valence-corrected chi connectivity index (χ0v) is 10.4. The van der Waals surface area contributed by atoms with Gasteiger partial charge >= 0.3 is 5.69 Å². The number of hydrogen-bond donors (Lipinski definition) is 3. The van der Waals surface area contributed by atoms with Gasteiger partial charge in [0.1, 0.15) is 11.3 Å². The number of nitrogens with two attached hydrogens (primary N) is 1. The molecule has 0 bridgehead atoms. The maximum absolute atomic E-state index is 10.8. The van der Waals surface area contributed by atoms with Gasteiger partial charge in [0.2, 0.25) is 5.82 Å². The molecule has 19 heavy (non-hydrogen) atoms. The number of halogens is 1. The number of ether oxygens (including phenoxy) is 1. The molecule has 4 N–H and O–H groups in total. The average molecular weight is 290 g/mol. The number of pyridine rings is 1. The number of aliphatic hydroxyl groups excluding tert-OH is 2. The topological polar surface area (TPSA) is 132 Å². The first-order chi connectivity index (χ1) is 8.93. The molecule has 2 heterocycles. The smallest absolute Gasteiger partial charge is 0.311 e. The van der Waals surface area contributed by atoms with Crippen molar-refractivity contribution in [3.8, 4) is 0 Å². The second kappa shape index (κ2) is 5.25. The Hall–Kier alpha value is -1.48. The van der Waals surface area contributed by atoms with Crippen molar-refractivity contribution >= 4 is 23.1 Å². The molecule has 0 amide bonds. The van der Waals surface area contributed by atoms with Crippen LogP contribution in [-0.2, 0) is 4.74 Å². The Labute approximate surface area is 112 Å². The van der Waals surface area contributed by atoms with E-state index in [1.54, 1.807) is 0 Å². The van der Waals surface area contributed by atoms with E-state index in [1.165, 1.54) is 6.07 Å². The number of aromatic nitrogens is 1. The number of rotatable bonds is 3. The number of nitrogens with zero attached hydrogens (tertiary/aromatic N) is 2. The lowest BCUT2D eigenvalue weighted by Gasteiger charge is -2.13. The van der Waals surface area contributed by atoms with Gasteiger partial charge in [-0.1, -0.05) is 11.6 Å². The maximum Gasteiger partial charge on any atom is 0.311 e. The van der Waals surface area contributed by atoms with Crippen molar-refractivity contribution in [2.45, 2.75) is 24.7 Å². The van der Waals surface area contributed by atoms with Crippen LogP contribution in [-0.4, -0.2) is 38.9 Å². The first-order valence-electron chi connectivity index (χ1n) is 5.48. The summed E-state index contributed by atoms with van der Waals surface area (Å²) in [5.41, 5.74) is 5.31. The minimum atomic E-state index is -0.859. The summed E-state index contributed by atoms with van der Waals surface area (Å²) in [6.45, 7) is -0.347. The van der Waals surface area contributed by atoms with Gasteiger partial charge in [-0.05, 0) is 0 Å². The zero-order chi connectivity index (χ0) is 14.2. The summed E-state index contributed by atoms with van der Waals surface area (Å²) >= 11 is 5.89. The SMILES string of the molecule is Nc1nc(Cl)c(C2C[C@H](O)[C@@H](CO)O2)cc1[N+](=O)[O-]. The second-order valence-electron chi connectivity index (χ2n) is 4.18. The van der Waals surface area contributed by atoms with E-state index in [4.69, 9.17) is 27.2 Å². The fraction of sp³-hybridized carbons (Fsp3) is 0.500. The largest absolute Gasteiger partial charge is 0.394 e. The Morgan fingerprint density at radius 1 is 1.68 bits per heavy atom. The number of anilines is 1. The summed E-state index contributed by atoms with van der Waals surface area (Å²) < 4.78 is 5.38. The summed E-state index contributed by atoms with van der Waals surface area (Å²) in [4.78, 5) is 13.8. The molecule has 104 valence electrons. The van der Waals surface area contributed by atoms with Gasteiger partial charge in [0.05, 0.1) is 23.7 Å². The molecule has 0 radical (unpaired) electrons. The molecule has 1 unspecified atom stereocenters. The van der Waals surface area contributed by atoms with E-state index in [0.29, 0.717) is 0 Å². The molecule has 9 heteroatoms. The zero-order valence-electron chi connectivity index (χ0n) is 9.69. The summed E-state index contributed by atoms with van der Waals surface area (Å²) in [5, 5.41) is 29.4. The summed E-state index contributed by atoms with van der Waals surface area (Å²) in [6, 6.07) is 1.18. The molecule has 1 aromatic rings. The van der Waals surface area contributed by atoms with Crippen LogP contribution < -0.4 is 5.73 Å². The van der Waals surface area contributed by atoms with Gasteiger partial charge < -0.3 is 20.7 Å². The highest BCUT2D eigenvalue weighted by atomic mass is 35.5. The lowest BCUT2D eigenvalue weighted by Crippen LogP contribution is -2.24. The van der Waals surface area contributed by atoms with E-state index in [9.17, 15) is 15.2 Å². The van der Waals surface area contributed by atoms with Gasteiger partial charge in [-0.15, -0.1) is 0 Å². The predicted octanol–water partition coefficient (Wildman–Crippen LogP) is 0.409. The first kappa shape index (κ1) is 13.9. The molecule has 3 atom stereocenters. The van der Waals surface area contributed by atoms with Crippen LogP contribution in [0.1, 0.15) is 18.1 Å². The van der Waals surface area contributed by atoms with Crippen LogP contribution in [0, 0.1) is 10.1 Å². The van der Waals surface area contributed by atoms with Crippen molar-refractivity contribution in [2.24, 2.45) is 0 Å². The molecule has 1 fully saturated rings. The van der Waals surface area contributed by atoms with E-state index in [1.807, 2.05) is 0 Å². The summed E-state index contributed by atoms with van der Waals surface area (Å²) in [5.74, 6) is -0.281. The molecule has 1 saturated heterocycles. The number of aliphatic hydroxyl groups is 2. The third kappa shape index (κ3) is 2.61. The van der Waals surface area contributed by atoms with Crippen LogP contribution in [0.3, 0.4) is 0 Å². The molecule has 0 aliphatic carbocycles. The Bertz CT molecular complexity index is 512. The maximum atomic E-state index is 10.8. The molecule has 0 saturated carbocycles. The number of nitro groups is 1. The summed E-state index contributed by atoms with van der Waals surface area (Å²) in [7, 11) is 0. The van der Waals surface area contributed by atoms with Crippen molar-refractivity contribution in [1.82, 2.24) is 4.98 Å². The molecule has 8 nitrogen and oxygen atoms in total. The lowest BCUT2D eigenvalue weighted by atomic mass is 10.1. The first-order valence-corrected chi connectivity index (χ1v) is 5.86. The van der Waals surface area contributed by atoms with Crippen LogP contribution >= 0.6 is 11.6 Å². The van der Waals surface area contributed by atoms with Crippen LogP contribution in [0.2, 0.25) is 5.15 Å². The number of nitrogen functional groups attached to an aromatic ring is 1. The molecule has 1 aliphatic rings. The Morgan fingerprint density at radius 2 is 2.37 bits per heavy atom. The molecule has 1 aliphatic heterocycles. The fourth-order valence-corrected chi connectivity index (χ4v) is 2.24.